The summed E-state index contributed by atoms with van der Waals surface area (Å²) in [5.41, 5.74) is 3.36. The number of piperidine rings is 1. The largest absolute Gasteiger partial charge is 0.497 e. The van der Waals surface area contributed by atoms with Gasteiger partial charge < -0.3 is 10.1 Å². The first-order valence-corrected chi connectivity index (χ1v) is 8.97. The summed E-state index contributed by atoms with van der Waals surface area (Å²) in [4.78, 5) is 4.59. The van der Waals surface area contributed by atoms with Crippen molar-refractivity contribution in [2.24, 2.45) is 5.92 Å². The lowest BCUT2D eigenvalue weighted by Gasteiger charge is -2.21. The van der Waals surface area contributed by atoms with Crippen LogP contribution in [0.1, 0.15) is 24.1 Å². The molecule has 3 aromatic rings. The molecule has 0 radical (unpaired) electrons. The van der Waals surface area contributed by atoms with E-state index in [-0.39, 0.29) is 0 Å². The zero-order chi connectivity index (χ0) is 17.1. The van der Waals surface area contributed by atoms with Crippen LogP contribution in [0.5, 0.6) is 5.75 Å². The van der Waals surface area contributed by atoms with Gasteiger partial charge in [0, 0.05) is 11.6 Å². The molecule has 1 N–H and O–H groups in total. The van der Waals surface area contributed by atoms with Crippen molar-refractivity contribution < 1.29 is 4.74 Å². The number of methoxy groups -OCH3 is 1. The minimum atomic E-state index is 0.717. The number of hydrogen-bond donors (Lipinski definition) is 1. The second kappa shape index (κ2) is 7.23. The maximum Gasteiger partial charge on any atom is 0.158 e. The molecular weight excluding hydrogens is 312 g/mol. The molecule has 1 aromatic carbocycles. The smallest absolute Gasteiger partial charge is 0.158 e. The van der Waals surface area contributed by atoms with Crippen molar-refractivity contribution in [3.05, 3.63) is 53.9 Å². The van der Waals surface area contributed by atoms with E-state index in [0.29, 0.717) is 5.92 Å². The highest BCUT2D eigenvalue weighted by molar-refractivity contribution is 5.78. The highest BCUT2D eigenvalue weighted by Crippen LogP contribution is 2.24. The lowest BCUT2D eigenvalue weighted by Crippen LogP contribution is -2.28. The SMILES string of the molecule is COc1ccc(Cn2nc(CC3CCNCC3)c3cccnc32)cc1. The van der Waals surface area contributed by atoms with Crippen molar-refractivity contribution in [3.8, 4) is 5.75 Å². The minimum Gasteiger partial charge on any atom is -0.497 e. The summed E-state index contributed by atoms with van der Waals surface area (Å²) in [7, 11) is 1.69. The van der Waals surface area contributed by atoms with Gasteiger partial charge in [0.05, 0.1) is 19.3 Å². The average molecular weight is 336 g/mol. The lowest BCUT2D eigenvalue weighted by atomic mass is 9.92. The Bertz CT molecular complexity index is 835. The summed E-state index contributed by atoms with van der Waals surface area (Å²) >= 11 is 0. The Kier molecular flexibility index (Phi) is 4.65. The number of rotatable bonds is 5. The fraction of sp³-hybridized carbons (Fsp3) is 0.400. The molecule has 1 aliphatic heterocycles. The van der Waals surface area contributed by atoms with Crippen LogP contribution >= 0.6 is 0 Å². The van der Waals surface area contributed by atoms with Crippen molar-refractivity contribution in [2.45, 2.75) is 25.8 Å². The summed E-state index contributed by atoms with van der Waals surface area (Å²) < 4.78 is 7.27. The molecule has 0 atom stereocenters. The molecule has 1 aliphatic rings. The summed E-state index contributed by atoms with van der Waals surface area (Å²) in [6.07, 6.45) is 5.35. The third-order valence-electron chi connectivity index (χ3n) is 5.02. The first-order valence-electron chi connectivity index (χ1n) is 8.97. The number of nitrogens with one attached hydrogen (secondary N) is 1. The van der Waals surface area contributed by atoms with Crippen LogP contribution in [0, 0.1) is 5.92 Å². The summed E-state index contributed by atoms with van der Waals surface area (Å²) in [6, 6.07) is 12.3. The van der Waals surface area contributed by atoms with Crippen LogP contribution in [0.25, 0.3) is 11.0 Å². The first-order chi connectivity index (χ1) is 12.3. The van der Waals surface area contributed by atoms with E-state index in [4.69, 9.17) is 9.84 Å². The standard InChI is InChI=1S/C20H24N4O/c1-25-17-6-4-16(5-7-17)14-24-20-18(3-2-10-22-20)19(23-24)13-15-8-11-21-12-9-15/h2-7,10,15,21H,8-9,11-14H2,1H3. The molecule has 0 aliphatic carbocycles. The molecule has 4 rings (SSSR count). The van der Waals surface area contributed by atoms with E-state index in [0.717, 1.165) is 37.5 Å². The van der Waals surface area contributed by atoms with Gasteiger partial charge in [0.15, 0.2) is 5.65 Å². The van der Waals surface area contributed by atoms with Gasteiger partial charge >= 0.3 is 0 Å². The van der Waals surface area contributed by atoms with Gasteiger partial charge in [-0.25, -0.2) is 9.67 Å². The molecule has 25 heavy (non-hydrogen) atoms. The van der Waals surface area contributed by atoms with Crippen LogP contribution in [0.15, 0.2) is 42.6 Å². The van der Waals surface area contributed by atoms with Gasteiger partial charge in [-0.2, -0.15) is 5.10 Å². The van der Waals surface area contributed by atoms with E-state index in [1.807, 2.05) is 29.1 Å². The molecule has 0 bridgehead atoms. The number of benzene rings is 1. The molecule has 3 heterocycles. The zero-order valence-electron chi connectivity index (χ0n) is 14.6. The number of nitrogens with zero attached hydrogens (tertiary/aromatic N) is 3. The molecule has 1 fully saturated rings. The Labute approximate surface area is 148 Å². The number of aromatic nitrogens is 3. The Morgan fingerprint density at radius 2 is 1.96 bits per heavy atom. The fourth-order valence-electron chi connectivity index (χ4n) is 3.60. The number of fused-ring (bicyclic) bond motifs is 1. The Hall–Kier alpha value is -2.40. The molecule has 0 spiro atoms. The fourth-order valence-corrected chi connectivity index (χ4v) is 3.60. The average Bonchev–Trinajstić information content (AvgIpc) is 3.01. The van der Waals surface area contributed by atoms with E-state index in [9.17, 15) is 0 Å². The van der Waals surface area contributed by atoms with E-state index < -0.39 is 0 Å². The van der Waals surface area contributed by atoms with E-state index >= 15 is 0 Å². The predicted molar refractivity (Wildman–Crippen MR) is 98.9 cm³/mol. The van der Waals surface area contributed by atoms with Gasteiger partial charge in [-0.3, -0.25) is 0 Å². The maximum atomic E-state index is 5.24. The zero-order valence-corrected chi connectivity index (χ0v) is 14.6. The molecular formula is C20H24N4O. The third kappa shape index (κ3) is 3.51. The van der Waals surface area contributed by atoms with Gasteiger partial charge in [-0.1, -0.05) is 12.1 Å². The van der Waals surface area contributed by atoms with Crippen molar-refractivity contribution in [1.82, 2.24) is 20.1 Å². The lowest BCUT2D eigenvalue weighted by molar-refractivity contribution is 0.369. The van der Waals surface area contributed by atoms with Gasteiger partial charge in [-0.05, 0) is 68.1 Å². The number of pyridine rings is 1. The molecule has 130 valence electrons. The molecule has 5 nitrogen and oxygen atoms in total. The van der Waals surface area contributed by atoms with Gasteiger partial charge in [0.2, 0.25) is 0 Å². The molecule has 0 amide bonds. The van der Waals surface area contributed by atoms with Crippen molar-refractivity contribution in [2.75, 3.05) is 20.2 Å². The van der Waals surface area contributed by atoms with Crippen molar-refractivity contribution >= 4 is 11.0 Å². The van der Waals surface area contributed by atoms with E-state index in [1.54, 1.807) is 7.11 Å². The van der Waals surface area contributed by atoms with Crippen LogP contribution < -0.4 is 10.1 Å². The van der Waals surface area contributed by atoms with E-state index in [2.05, 4.69) is 28.5 Å². The van der Waals surface area contributed by atoms with Crippen LogP contribution in [-0.4, -0.2) is 35.0 Å². The third-order valence-corrected chi connectivity index (χ3v) is 5.02. The Morgan fingerprint density at radius 1 is 1.16 bits per heavy atom. The first kappa shape index (κ1) is 16.1. The molecule has 5 heteroatoms. The van der Waals surface area contributed by atoms with Gasteiger partial charge in [0.1, 0.15) is 5.75 Å². The summed E-state index contributed by atoms with van der Waals surface area (Å²) in [5, 5.41) is 9.55. The normalized spacial score (nSPS) is 15.6. The summed E-state index contributed by atoms with van der Waals surface area (Å²) in [6.45, 7) is 2.96. The van der Waals surface area contributed by atoms with Gasteiger partial charge in [-0.15, -0.1) is 0 Å². The predicted octanol–water partition coefficient (Wildman–Crippen LogP) is 3.03. The van der Waals surface area contributed by atoms with Crippen LogP contribution in [0.2, 0.25) is 0 Å². The monoisotopic (exact) mass is 336 g/mol. The van der Waals surface area contributed by atoms with Crippen LogP contribution in [0.3, 0.4) is 0 Å². The molecule has 1 saturated heterocycles. The second-order valence-corrected chi connectivity index (χ2v) is 6.72. The quantitative estimate of drug-likeness (QED) is 0.778. The minimum absolute atomic E-state index is 0.717. The van der Waals surface area contributed by atoms with Crippen molar-refractivity contribution in [1.29, 1.82) is 0 Å². The molecule has 0 unspecified atom stereocenters. The maximum absolute atomic E-state index is 5.24. The van der Waals surface area contributed by atoms with E-state index in [1.165, 1.54) is 29.5 Å². The van der Waals surface area contributed by atoms with Crippen LogP contribution in [-0.2, 0) is 13.0 Å². The summed E-state index contributed by atoms with van der Waals surface area (Å²) in [5.74, 6) is 1.59. The highest BCUT2D eigenvalue weighted by atomic mass is 16.5. The highest BCUT2D eigenvalue weighted by Gasteiger charge is 2.18. The number of hydrogen-bond acceptors (Lipinski definition) is 4. The Morgan fingerprint density at radius 3 is 2.72 bits per heavy atom. The molecule has 0 saturated carbocycles. The van der Waals surface area contributed by atoms with Crippen LogP contribution in [0.4, 0.5) is 0 Å². The van der Waals surface area contributed by atoms with Crippen molar-refractivity contribution in [3.63, 3.8) is 0 Å². The second-order valence-electron chi connectivity index (χ2n) is 6.72. The number of ether oxygens (including phenoxy) is 1. The Balaban J connectivity index is 1.61. The molecule has 2 aromatic heterocycles. The topological polar surface area (TPSA) is 52.0 Å². The van der Waals surface area contributed by atoms with Gasteiger partial charge in [0.25, 0.3) is 0 Å².